The molecule has 0 aromatic heterocycles. The lowest BCUT2D eigenvalue weighted by Crippen LogP contribution is -2.11. The first-order valence-corrected chi connectivity index (χ1v) is 6.31. The van der Waals surface area contributed by atoms with Crippen molar-refractivity contribution in [2.75, 3.05) is 0 Å². The van der Waals surface area contributed by atoms with Crippen LogP contribution in [-0.4, -0.2) is 5.84 Å². The van der Waals surface area contributed by atoms with Gasteiger partial charge in [0.15, 0.2) is 0 Å². The Balaban J connectivity index is 2.22. The summed E-state index contributed by atoms with van der Waals surface area (Å²) in [5.74, 6) is 1.37. The maximum Gasteiger partial charge on any atom is 0.128 e. The van der Waals surface area contributed by atoms with E-state index in [9.17, 15) is 0 Å². The Morgan fingerprint density at radius 2 is 1.72 bits per heavy atom. The van der Waals surface area contributed by atoms with E-state index in [1.807, 2.05) is 0 Å². The molecule has 2 aromatic rings. The van der Waals surface area contributed by atoms with Gasteiger partial charge in [0.05, 0.1) is 0 Å². The Bertz CT molecular complexity index is 584. The standard InChI is InChI=1S/C13H10BrClN2O/c14-12-7-10(5-6-11(12)13(16)17)18-9-3-1-8(15)2-4-9/h1-7H,(H3,16,17). The first kappa shape index (κ1) is 12.9. The van der Waals surface area contributed by atoms with Gasteiger partial charge in [0.25, 0.3) is 0 Å². The second-order valence-corrected chi connectivity index (χ2v) is 4.90. The summed E-state index contributed by atoms with van der Waals surface area (Å²) >= 11 is 9.15. The van der Waals surface area contributed by atoms with E-state index in [2.05, 4.69) is 15.9 Å². The Hall–Kier alpha value is -1.52. The van der Waals surface area contributed by atoms with Crippen LogP contribution in [0.4, 0.5) is 0 Å². The monoisotopic (exact) mass is 324 g/mol. The van der Waals surface area contributed by atoms with Gasteiger partial charge in [0.1, 0.15) is 17.3 Å². The molecule has 0 amide bonds. The molecule has 0 unspecified atom stereocenters. The number of nitrogens with two attached hydrogens (primary N) is 1. The number of hydrogen-bond acceptors (Lipinski definition) is 2. The molecule has 0 saturated heterocycles. The second kappa shape index (κ2) is 5.42. The summed E-state index contributed by atoms with van der Waals surface area (Å²) in [6.45, 7) is 0. The van der Waals surface area contributed by atoms with Crippen molar-refractivity contribution in [2.24, 2.45) is 5.73 Å². The molecule has 0 spiro atoms. The largest absolute Gasteiger partial charge is 0.457 e. The fraction of sp³-hybridized carbons (Fsp3) is 0. The molecule has 0 bridgehead atoms. The van der Waals surface area contributed by atoms with E-state index < -0.39 is 0 Å². The number of benzene rings is 2. The topological polar surface area (TPSA) is 59.1 Å². The molecule has 18 heavy (non-hydrogen) atoms. The van der Waals surface area contributed by atoms with Gasteiger partial charge in [-0.1, -0.05) is 11.6 Å². The van der Waals surface area contributed by atoms with Crippen molar-refractivity contribution in [1.82, 2.24) is 0 Å². The first-order chi connectivity index (χ1) is 8.56. The quantitative estimate of drug-likeness (QED) is 0.657. The van der Waals surface area contributed by atoms with Gasteiger partial charge in [0.2, 0.25) is 0 Å². The number of nitrogens with one attached hydrogen (secondary N) is 1. The molecular formula is C13H10BrClN2O. The molecule has 0 fully saturated rings. The van der Waals surface area contributed by atoms with E-state index in [4.69, 9.17) is 27.5 Å². The summed E-state index contributed by atoms with van der Waals surface area (Å²) in [6.07, 6.45) is 0. The van der Waals surface area contributed by atoms with Crippen molar-refractivity contribution < 1.29 is 4.74 Å². The maximum atomic E-state index is 7.38. The molecular weight excluding hydrogens is 316 g/mol. The van der Waals surface area contributed by atoms with Crippen LogP contribution in [0.2, 0.25) is 5.02 Å². The molecule has 0 saturated carbocycles. The van der Waals surface area contributed by atoms with Crippen molar-refractivity contribution in [1.29, 1.82) is 5.41 Å². The number of hydrogen-bond donors (Lipinski definition) is 2. The third kappa shape index (κ3) is 3.03. The lowest BCUT2D eigenvalue weighted by molar-refractivity contribution is 0.482. The molecule has 5 heteroatoms. The summed E-state index contributed by atoms with van der Waals surface area (Å²) < 4.78 is 6.37. The highest BCUT2D eigenvalue weighted by Crippen LogP contribution is 2.27. The minimum Gasteiger partial charge on any atom is -0.457 e. The van der Waals surface area contributed by atoms with Gasteiger partial charge in [-0.3, -0.25) is 5.41 Å². The molecule has 3 nitrogen and oxygen atoms in total. The maximum absolute atomic E-state index is 7.38. The smallest absolute Gasteiger partial charge is 0.128 e. The lowest BCUT2D eigenvalue weighted by atomic mass is 10.2. The van der Waals surface area contributed by atoms with Gasteiger partial charge in [-0.05, 0) is 58.4 Å². The number of rotatable bonds is 3. The molecule has 0 aliphatic heterocycles. The molecule has 0 atom stereocenters. The van der Waals surface area contributed by atoms with Crippen molar-refractivity contribution in [3.05, 3.63) is 57.5 Å². The van der Waals surface area contributed by atoms with Crippen LogP contribution in [0.3, 0.4) is 0 Å². The second-order valence-electron chi connectivity index (χ2n) is 3.61. The van der Waals surface area contributed by atoms with Gasteiger partial charge in [0, 0.05) is 15.1 Å². The summed E-state index contributed by atoms with van der Waals surface area (Å²) in [5, 5.41) is 8.05. The van der Waals surface area contributed by atoms with Crippen LogP contribution in [0.25, 0.3) is 0 Å². The predicted molar refractivity (Wildman–Crippen MR) is 76.7 cm³/mol. The minimum atomic E-state index is 0.0138. The first-order valence-electron chi connectivity index (χ1n) is 5.13. The molecule has 0 aliphatic rings. The van der Waals surface area contributed by atoms with Crippen LogP contribution in [0.1, 0.15) is 5.56 Å². The summed E-state index contributed by atoms with van der Waals surface area (Å²) in [4.78, 5) is 0. The van der Waals surface area contributed by atoms with Crippen LogP contribution in [-0.2, 0) is 0 Å². The molecule has 0 aliphatic carbocycles. The van der Waals surface area contributed by atoms with Crippen LogP contribution in [0.5, 0.6) is 11.5 Å². The van der Waals surface area contributed by atoms with E-state index in [1.165, 1.54) is 0 Å². The highest BCUT2D eigenvalue weighted by molar-refractivity contribution is 9.10. The SMILES string of the molecule is N=C(N)c1ccc(Oc2ccc(Cl)cc2)cc1Br. The number of halogens is 2. The molecule has 0 heterocycles. The summed E-state index contributed by atoms with van der Waals surface area (Å²) in [5.41, 5.74) is 6.07. The van der Waals surface area contributed by atoms with Crippen molar-refractivity contribution >= 4 is 33.4 Å². The normalized spacial score (nSPS) is 10.1. The van der Waals surface area contributed by atoms with Crippen molar-refractivity contribution in [3.8, 4) is 11.5 Å². The molecule has 2 aromatic carbocycles. The fourth-order valence-corrected chi connectivity index (χ4v) is 2.11. The van der Waals surface area contributed by atoms with Gasteiger partial charge >= 0.3 is 0 Å². The van der Waals surface area contributed by atoms with E-state index in [0.717, 1.165) is 4.47 Å². The van der Waals surface area contributed by atoms with Crippen LogP contribution in [0.15, 0.2) is 46.9 Å². The Labute approximate surface area is 118 Å². The molecule has 0 radical (unpaired) electrons. The van der Waals surface area contributed by atoms with E-state index in [0.29, 0.717) is 22.1 Å². The van der Waals surface area contributed by atoms with E-state index in [-0.39, 0.29) is 5.84 Å². The minimum absolute atomic E-state index is 0.0138. The van der Waals surface area contributed by atoms with Gasteiger partial charge in [-0.25, -0.2) is 0 Å². The van der Waals surface area contributed by atoms with Gasteiger partial charge in [-0.15, -0.1) is 0 Å². The third-order valence-electron chi connectivity index (χ3n) is 2.28. The van der Waals surface area contributed by atoms with Gasteiger partial charge < -0.3 is 10.5 Å². The lowest BCUT2D eigenvalue weighted by Gasteiger charge is -2.08. The number of ether oxygens (including phenoxy) is 1. The zero-order chi connectivity index (χ0) is 13.1. The average molecular weight is 326 g/mol. The Morgan fingerprint density at radius 1 is 1.11 bits per heavy atom. The van der Waals surface area contributed by atoms with Crippen LogP contribution in [0, 0.1) is 5.41 Å². The highest BCUT2D eigenvalue weighted by Gasteiger charge is 2.05. The van der Waals surface area contributed by atoms with Crippen molar-refractivity contribution in [2.45, 2.75) is 0 Å². The van der Waals surface area contributed by atoms with Crippen LogP contribution >= 0.6 is 27.5 Å². The fourth-order valence-electron chi connectivity index (χ4n) is 1.42. The number of amidine groups is 1. The highest BCUT2D eigenvalue weighted by atomic mass is 79.9. The average Bonchev–Trinajstić information content (AvgIpc) is 2.32. The predicted octanol–water partition coefficient (Wildman–Crippen LogP) is 4.18. The summed E-state index contributed by atoms with van der Waals surface area (Å²) in [6, 6.07) is 12.4. The van der Waals surface area contributed by atoms with Gasteiger partial charge in [-0.2, -0.15) is 0 Å². The molecule has 92 valence electrons. The zero-order valence-electron chi connectivity index (χ0n) is 9.28. The number of nitrogen functional groups attached to an aromatic ring is 1. The molecule has 2 rings (SSSR count). The summed E-state index contributed by atoms with van der Waals surface area (Å²) in [7, 11) is 0. The van der Waals surface area contributed by atoms with Crippen LogP contribution < -0.4 is 10.5 Å². The third-order valence-corrected chi connectivity index (χ3v) is 3.19. The Morgan fingerprint density at radius 3 is 2.28 bits per heavy atom. The Kier molecular flexibility index (Phi) is 3.89. The van der Waals surface area contributed by atoms with E-state index in [1.54, 1.807) is 42.5 Å². The zero-order valence-corrected chi connectivity index (χ0v) is 11.6. The molecule has 3 N–H and O–H groups in total. The van der Waals surface area contributed by atoms with E-state index >= 15 is 0 Å². The van der Waals surface area contributed by atoms with Crippen molar-refractivity contribution in [3.63, 3.8) is 0 Å².